The van der Waals surface area contributed by atoms with E-state index in [2.05, 4.69) is 28.6 Å². The summed E-state index contributed by atoms with van der Waals surface area (Å²) in [7, 11) is 0. The molecule has 0 aliphatic heterocycles. The van der Waals surface area contributed by atoms with Crippen LogP contribution in [0.15, 0.2) is 30.3 Å². The third-order valence-corrected chi connectivity index (χ3v) is 5.03. The molecule has 0 bridgehead atoms. The molecule has 4 atom stereocenters. The van der Waals surface area contributed by atoms with Crippen LogP contribution in [0.25, 0.3) is 0 Å². The van der Waals surface area contributed by atoms with E-state index in [1.54, 1.807) is 6.92 Å². The molecule has 30 heavy (non-hydrogen) atoms. The van der Waals surface area contributed by atoms with Crippen molar-refractivity contribution in [2.24, 2.45) is 11.7 Å². The number of nitrogens with one attached hydrogen (secondary N) is 3. The zero-order valence-electron chi connectivity index (χ0n) is 17.1. The van der Waals surface area contributed by atoms with Gasteiger partial charge in [0.15, 0.2) is 0 Å². The first kappa shape index (κ1) is 25.4. The molecule has 6 N–H and O–H groups in total. The minimum absolute atomic E-state index is 0.00185. The average molecular weight is 439 g/mol. The smallest absolute Gasteiger partial charge is 0.326 e. The molecule has 0 aromatic heterocycles. The van der Waals surface area contributed by atoms with Crippen LogP contribution in [0.4, 0.5) is 0 Å². The lowest BCUT2D eigenvalue weighted by Crippen LogP contribution is -2.55. The molecule has 1 rings (SSSR count). The summed E-state index contributed by atoms with van der Waals surface area (Å²) in [6, 6.07) is 6.34. The topological polar surface area (TPSA) is 151 Å². The first-order valence-electron chi connectivity index (χ1n) is 9.70. The van der Waals surface area contributed by atoms with Gasteiger partial charge in [-0.05, 0) is 17.9 Å². The van der Waals surface area contributed by atoms with Gasteiger partial charge in [-0.25, -0.2) is 4.79 Å². The molecule has 9 nitrogen and oxygen atoms in total. The van der Waals surface area contributed by atoms with Crippen molar-refractivity contribution in [1.29, 1.82) is 0 Å². The number of carbonyl (C=O) groups is 4. The van der Waals surface area contributed by atoms with Crippen LogP contribution in [-0.4, -0.2) is 59.2 Å². The van der Waals surface area contributed by atoms with Crippen molar-refractivity contribution >= 4 is 36.3 Å². The maximum atomic E-state index is 12.3. The highest BCUT2D eigenvalue weighted by Crippen LogP contribution is 2.07. The maximum Gasteiger partial charge on any atom is 0.326 e. The Kier molecular flexibility index (Phi) is 10.9. The Morgan fingerprint density at radius 3 is 2.27 bits per heavy atom. The van der Waals surface area contributed by atoms with Crippen molar-refractivity contribution < 1.29 is 24.3 Å². The van der Waals surface area contributed by atoms with E-state index >= 15 is 0 Å². The van der Waals surface area contributed by atoms with E-state index in [4.69, 9.17) is 5.73 Å². The summed E-state index contributed by atoms with van der Waals surface area (Å²) in [5, 5.41) is 16.5. The SMILES string of the molecule is CCC(C)C(NC(=O)CNC(=O)C(CS)NC(=O)C(N)Cc1ccccc1)C(=O)O. The molecule has 1 aromatic carbocycles. The quantitative estimate of drug-likeness (QED) is 0.247. The summed E-state index contributed by atoms with van der Waals surface area (Å²) in [6.07, 6.45) is 0.878. The van der Waals surface area contributed by atoms with E-state index in [0.29, 0.717) is 12.8 Å². The minimum Gasteiger partial charge on any atom is -0.480 e. The van der Waals surface area contributed by atoms with E-state index in [1.807, 2.05) is 37.3 Å². The Balaban J connectivity index is 2.54. The predicted molar refractivity (Wildman–Crippen MR) is 116 cm³/mol. The molecule has 0 aliphatic rings. The molecule has 4 unspecified atom stereocenters. The first-order chi connectivity index (χ1) is 14.2. The molecule has 0 heterocycles. The monoisotopic (exact) mass is 438 g/mol. The fourth-order valence-electron chi connectivity index (χ4n) is 2.63. The van der Waals surface area contributed by atoms with Gasteiger partial charge in [-0.1, -0.05) is 50.6 Å². The van der Waals surface area contributed by atoms with Crippen molar-refractivity contribution in [3.8, 4) is 0 Å². The van der Waals surface area contributed by atoms with Crippen LogP contribution in [0.1, 0.15) is 25.8 Å². The van der Waals surface area contributed by atoms with Gasteiger partial charge in [0.2, 0.25) is 17.7 Å². The highest BCUT2D eigenvalue weighted by molar-refractivity contribution is 7.80. The summed E-state index contributed by atoms with van der Waals surface area (Å²) >= 11 is 4.07. The molecule has 0 radical (unpaired) electrons. The number of amides is 3. The van der Waals surface area contributed by atoms with Crippen LogP contribution in [-0.2, 0) is 25.6 Å². The standard InChI is InChI=1S/C20H30N4O5S/c1-3-12(2)17(20(28)29)24-16(25)10-22-19(27)15(11-30)23-18(26)14(21)9-13-7-5-4-6-8-13/h4-8,12,14-15,17,30H,3,9-11,21H2,1-2H3,(H,22,27)(H,23,26)(H,24,25)(H,28,29). The number of carboxylic acid groups (broad SMARTS) is 1. The van der Waals surface area contributed by atoms with Crippen LogP contribution in [0.2, 0.25) is 0 Å². The second-order valence-corrected chi connectivity index (χ2v) is 7.39. The molecule has 0 fully saturated rings. The van der Waals surface area contributed by atoms with E-state index in [1.165, 1.54) is 0 Å². The molecule has 0 spiro atoms. The van der Waals surface area contributed by atoms with E-state index in [9.17, 15) is 24.3 Å². The molecule has 0 saturated heterocycles. The molecular weight excluding hydrogens is 408 g/mol. The number of nitrogens with two attached hydrogens (primary N) is 1. The molecular formula is C20H30N4O5S. The second-order valence-electron chi connectivity index (χ2n) is 7.03. The lowest BCUT2D eigenvalue weighted by molar-refractivity contribution is -0.143. The zero-order chi connectivity index (χ0) is 22.7. The van der Waals surface area contributed by atoms with E-state index in [0.717, 1.165) is 5.56 Å². The number of carbonyl (C=O) groups excluding carboxylic acids is 3. The number of aliphatic carboxylic acids is 1. The third-order valence-electron chi connectivity index (χ3n) is 4.67. The maximum absolute atomic E-state index is 12.3. The van der Waals surface area contributed by atoms with E-state index in [-0.39, 0.29) is 11.7 Å². The molecule has 0 saturated carbocycles. The lowest BCUT2D eigenvalue weighted by atomic mass is 9.99. The highest BCUT2D eigenvalue weighted by atomic mass is 32.1. The summed E-state index contributed by atoms with van der Waals surface area (Å²) < 4.78 is 0. The normalized spacial score (nSPS) is 14.7. The number of carboxylic acids is 1. The van der Waals surface area contributed by atoms with Gasteiger partial charge < -0.3 is 26.8 Å². The van der Waals surface area contributed by atoms with Crippen molar-refractivity contribution in [1.82, 2.24) is 16.0 Å². The van der Waals surface area contributed by atoms with Crippen molar-refractivity contribution in [3.05, 3.63) is 35.9 Å². The number of thiol groups is 1. The molecule has 0 aliphatic carbocycles. The summed E-state index contributed by atoms with van der Waals surface area (Å²) in [4.78, 5) is 47.9. The number of benzene rings is 1. The Bertz CT molecular complexity index is 731. The minimum atomic E-state index is -1.14. The second kappa shape index (κ2) is 12.9. The Hall–Kier alpha value is -2.59. The molecule has 3 amide bonds. The van der Waals surface area contributed by atoms with Crippen molar-refractivity contribution in [2.45, 2.75) is 44.8 Å². The van der Waals surface area contributed by atoms with Gasteiger partial charge in [0.25, 0.3) is 0 Å². The van der Waals surface area contributed by atoms with Crippen LogP contribution in [0.5, 0.6) is 0 Å². The lowest BCUT2D eigenvalue weighted by Gasteiger charge is -2.21. The largest absolute Gasteiger partial charge is 0.480 e. The van der Waals surface area contributed by atoms with Gasteiger partial charge in [-0.3, -0.25) is 14.4 Å². The Labute approximate surface area is 181 Å². The van der Waals surface area contributed by atoms with Gasteiger partial charge in [-0.2, -0.15) is 12.6 Å². The Morgan fingerprint density at radius 1 is 1.10 bits per heavy atom. The van der Waals surface area contributed by atoms with Crippen molar-refractivity contribution in [3.63, 3.8) is 0 Å². The summed E-state index contributed by atoms with van der Waals surface area (Å²) in [5.74, 6) is -3.17. The summed E-state index contributed by atoms with van der Waals surface area (Å²) in [6.45, 7) is 3.11. The zero-order valence-corrected chi connectivity index (χ0v) is 18.0. The number of rotatable bonds is 12. The predicted octanol–water partition coefficient (Wildman–Crippen LogP) is -0.297. The highest BCUT2D eigenvalue weighted by Gasteiger charge is 2.26. The molecule has 166 valence electrons. The van der Waals surface area contributed by atoms with E-state index < -0.39 is 48.4 Å². The first-order valence-corrected chi connectivity index (χ1v) is 10.3. The van der Waals surface area contributed by atoms with Gasteiger partial charge in [0.05, 0.1) is 12.6 Å². The molecule has 10 heteroatoms. The van der Waals surface area contributed by atoms with Crippen LogP contribution in [0, 0.1) is 5.92 Å². The van der Waals surface area contributed by atoms with Gasteiger partial charge in [-0.15, -0.1) is 0 Å². The fraction of sp³-hybridized carbons (Fsp3) is 0.500. The van der Waals surface area contributed by atoms with Crippen molar-refractivity contribution in [2.75, 3.05) is 12.3 Å². The summed E-state index contributed by atoms with van der Waals surface area (Å²) in [5.41, 5.74) is 6.80. The molecule has 1 aromatic rings. The fourth-order valence-corrected chi connectivity index (χ4v) is 2.89. The number of hydrogen-bond donors (Lipinski definition) is 6. The third kappa shape index (κ3) is 8.42. The van der Waals surface area contributed by atoms with Crippen LogP contribution >= 0.6 is 12.6 Å². The van der Waals surface area contributed by atoms with Gasteiger partial charge in [0.1, 0.15) is 12.1 Å². The van der Waals surface area contributed by atoms with Gasteiger partial charge in [0, 0.05) is 5.75 Å². The average Bonchev–Trinajstić information content (AvgIpc) is 2.73. The Morgan fingerprint density at radius 2 is 1.73 bits per heavy atom. The van der Waals surface area contributed by atoms with Gasteiger partial charge >= 0.3 is 5.97 Å². The van der Waals surface area contributed by atoms with Crippen LogP contribution in [0.3, 0.4) is 0 Å². The van der Waals surface area contributed by atoms with Crippen LogP contribution < -0.4 is 21.7 Å². The number of hydrogen-bond acceptors (Lipinski definition) is 6.